The first-order valence-corrected chi connectivity index (χ1v) is 6.39. The number of carbonyl (C=O) groups is 1. The van der Waals surface area contributed by atoms with Crippen molar-refractivity contribution in [1.29, 1.82) is 0 Å². The van der Waals surface area contributed by atoms with Gasteiger partial charge in [0.05, 0.1) is 11.8 Å². The minimum absolute atomic E-state index is 0.0879. The first-order chi connectivity index (χ1) is 7.50. The Morgan fingerprint density at radius 1 is 1.56 bits per heavy atom. The number of thioether (sulfide) groups is 1. The number of hydrogen-bond donors (Lipinski definition) is 2. The summed E-state index contributed by atoms with van der Waals surface area (Å²) >= 11 is 4.21. The normalized spacial score (nSPS) is 14.5. The van der Waals surface area contributed by atoms with E-state index in [0.29, 0.717) is 5.69 Å². The smallest absolute Gasteiger partial charge is 0.185 e. The fourth-order valence-electron chi connectivity index (χ4n) is 1.05. The van der Waals surface area contributed by atoms with Crippen LogP contribution in [0.3, 0.4) is 0 Å². The zero-order chi connectivity index (χ0) is 12.1. The van der Waals surface area contributed by atoms with Crippen molar-refractivity contribution >= 4 is 32.8 Å². The summed E-state index contributed by atoms with van der Waals surface area (Å²) in [6.45, 7) is 1.42. The van der Waals surface area contributed by atoms with Crippen LogP contribution in [0.1, 0.15) is 18.7 Å². The number of aliphatic hydroxyl groups excluding tert-OH is 2. The van der Waals surface area contributed by atoms with Crippen LogP contribution >= 0.6 is 27.7 Å². The zero-order valence-electron chi connectivity index (χ0n) is 8.63. The maximum Gasteiger partial charge on any atom is 0.185 e. The lowest BCUT2D eigenvalue weighted by Crippen LogP contribution is -2.22. The highest BCUT2D eigenvalue weighted by Gasteiger charge is 2.20. The molecule has 88 valence electrons. The quantitative estimate of drug-likeness (QED) is 0.882. The number of aliphatic hydroxyl groups is 2. The van der Waals surface area contributed by atoms with Crippen LogP contribution in [0.4, 0.5) is 0 Å². The first kappa shape index (κ1) is 13.6. The molecule has 2 N–H and O–H groups in total. The van der Waals surface area contributed by atoms with Crippen molar-refractivity contribution in [3.05, 3.63) is 28.5 Å². The number of pyridine rings is 1. The Bertz CT molecular complexity index is 358. The van der Waals surface area contributed by atoms with Crippen LogP contribution in [-0.4, -0.2) is 32.2 Å². The fraction of sp³-hybridized carbons (Fsp3) is 0.400. The summed E-state index contributed by atoms with van der Waals surface area (Å²) in [6, 6.07) is 3.35. The van der Waals surface area contributed by atoms with Gasteiger partial charge in [0, 0.05) is 23.3 Å². The zero-order valence-corrected chi connectivity index (χ0v) is 11.0. The molecule has 4 nitrogen and oxygen atoms in total. The number of halogens is 1. The number of nitrogens with zero attached hydrogens (tertiary/aromatic N) is 1. The van der Waals surface area contributed by atoms with Gasteiger partial charge in [-0.25, -0.2) is 0 Å². The molecule has 0 aromatic carbocycles. The largest absolute Gasteiger partial charge is 0.389 e. The minimum atomic E-state index is -1.07. The SMILES string of the molecule is CC(=O)SCC(O)C(O)c1ccc(Br)cn1. The maximum absolute atomic E-state index is 10.7. The van der Waals surface area contributed by atoms with Gasteiger partial charge in [-0.2, -0.15) is 0 Å². The minimum Gasteiger partial charge on any atom is -0.389 e. The second-order valence-corrected chi connectivity index (χ2v) is 5.33. The third-order valence-electron chi connectivity index (χ3n) is 1.88. The summed E-state index contributed by atoms with van der Waals surface area (Å²) < 4.78 is 0.802. The number of carbonyl (C=O) groups excluding carboxylic acids is 1. The van der Waals surface area contributed by atoms with Gasteiger partial charge in [0.15, 0.2) is 5.12 Å². The maximum atomic E-state index is 10.7. The van der Waals surface area contributed by atoms with Crippen molar-refractivity contribution in [3.8, 4) is 0 Å². The lowest BCUT2D eigenvalue weighted by atomic mass is 10.1. The van der Waals surface area contributed by atoms with E-state index in [4.69, 9.17) is 0 Å². The van der Waals surface area contributed by atoms with Gasteiger partial charge in [0.1, 0.15) is 6.10 Å². The van der Waals surface area contributed by atoms with Crippen LogP contribution in [0.2, 0.25) is 0 Å². The Labute approximate surface area is 106 Å². The van der Waals surface area contributed by atoms with Crippen molar-refractivity contribution in [2.45, 2.75) is 19.1 Å². The van der Waals surface area contributed by atoms with Crippen molar-refractivity contribution in [3.63, 3.8) is 0 Å². The summed E-state index contributed by atoms with van der Waals surface area (Å²) in [5.74, 6) is 0.161. The van der Waals surface area contributed by atoms with Crippen LogP contribution in [0.25, 0.3) is 0 Å². The Kier molecular flexibility index (Phi) is 5.40. The van der Waals surface area contributed by atoms with Crippen LogP contribution in [0, 0.1) is 0 Å². The molecule has 16 heavy (non-hydrogen) atoms. The van der Waals surface area contributed by atoms with Crippen molar-refractivity contribution in [2.75, 3.05) is 5.75 Å². The van der Waals surface area contributed by atoms with Crippen molar-refractivity contribution < 1.29 is 15.0 Å². The molecule has 2 atom stereocenters. The second kappa shape index (κ2) is 6.34. The summed E-state index contributed by atoms with van der Waals surface area (Å²) in [5.41, 5.74) is 0.389. The van der Waals surface area contributed by atoms with Crippen LogP contribution < -0.4 is 0 Å². The Hall–Kier alpha value is -0.430. The molecule has 0 bridgehead atoms. The highest BCUT2D eigenvalue weighted by Crippen LogP contribution is 2.19. The lowest BCUT2D eigenvalue weighted by molar-refractivity contribution is -0.109. The molecule has 1 aromatic rings. The van der Waals surface area contributed by atoms with E-state index >= 15 is 0 Å². The Morgan fingerprint density at radius 3 is 2.75 bits per heavy atom. The van der Waals surface area contributed by atoms with E-state index in [1.165, 1.54) is 6.92 Å². The topological polar surface area (TPSA) is 70.4 Å². The van der Waals surface area contributed by atoms with Gasteiger partial charge < -0.3 is 10.2 Å². The van der Waals surface area contributed by atoms with Crippen LogP contribution in [0.15, 0.2) is 22.8 Å². The average molecular weight is 306 g/mol. The Balaban J connectivity index is 2.59. The molecule has 0 saturated carbocycles. The van der Waals surface area contributed by atoms with Gasteiger partial charge in [-0.1, -0.05) is 11.8 Å². The molecule has 0 amide bonds. The van der Waals surface area contributed by atoms with Gasteiger partial charge in [-0.05, 0) is 28.1 Å². The molecule has 6 heteroatoms. The molecular formula is C10H12BrNO3S. The summed E-state index contributed by atoms with van der Waals surface area (Å²) in [4.78, 5) is 14.7. The average Bonchev–Trinajstić information content (AvgIpc) is 2.26. The fourth-order valence-corrected chi connectivity index (χ4v) is 1.88. The van der Waals surface area contributed by atoms with E-state index in [0.717, 1.165) is 16.2 Å². The third kappa shape index (κ3) is 4.21. The van der Waals surface area contributed by atoms with Gasteiger partial charge in [-0.3, -0.25) is 9.78 Å². The van der Waals surface area contributed by atoms with E-state index in [1.54, 1.807) is 18.3 Å². The third-order valence-corrected chi connectivity index (χ3v) is 3.26. The van der Waals surface area contributed by atoms with E-state index in [-0.39, 0.29) is 10.9 Å². The van der Waals surface area contributed by atoms with Crippen molar-refractivity contribution in [2.24, 2.45) is 0 Å². The molecule has 0 saturated heterocycles. The van der Waals surface area contributed by atoms with E-state index in [2.05, 4.69) is 20.9 Å². The van der Waals surface area contributed by atoms with Gasteiger partial charge in [-0.15, -0.1) is 0 Å². The second-order valence-electron chi connectivity index (χ2n) is 3.22. The van der Waals surface area contributed by atoms with Crippen LogP contribution in [-0.2, 0) is 4.79 Å². The molecule has 0 aliphatic rings. The summed E-state index contributed by atoms with van der Waals surface area (Å²) in [6.07, 6.45) is -0.522. The molecule has 0 radical (unpaired) electrons. The molecule has 0 aliphatic heterocycles. The molecule has 0 spiro atoms. The number of aromatic nitrogens is 1. The van der Waals surface area contributed by atoms with E-state index in [9.17, 15) is 15.0 Å². The van der Waals surface area contributed by atoms with Crippen LogP contribution in [0.5, 0.6) is 0 Å². The lowest BCUT2D eigenvalue weighted by Gasteiger charge is -2.16. The Morgan fingerprint density at radius 2 is 2.25 bits per heavy atom. The molecule has 1 aromatic heterocycles. The van der Waals surface area contributed by atoms with Gasteiger partial charge in [0.2, 0.25) is 0 Å². The molecule has 2 unspecified atom stereocenters. The van der Waals surface area contributed by atoms with Crippen molar-refractivity contribution in [1.82, 2.24) is 4.98 Å². The molecular weight excluding hydrogens is 294 g/mol. The highest BCUT2D eigenvalue weighted by atomic mass is 79.9. The van der Waals surface area contributed by atoms with E-state index in [1.807, 2.05) is 0 Å². The molecule has 0 fully saturated rings. The van der Waals surface area contributed by atoms with E-state index < -0.39 is 12.2 Å². The molecule has 1 heterocycles. The standard InChI is InChI=1S/C10H12BrNO3S/c1-6(13)16-5-9(14)10(15)8-3-2-7(11)4-12-8/h2-4,9-10,14-15H,5H2,1H3. The monoisotopic (exact) mass is 305 g/mol. The predicted octanol–water partition coefficient (Wildman–Crippen LogP) is 1.52. The first-order valence-electron chi connectivity index (χ1n) is 4.61. The number of hydrogen-bond acceptors (Lipinski definition) is 5. The van der Waals surface area contributed by atoms with Gasteiger partial charge >= 0.3 is 0 Å². The van der Waals surface area contributed by atoms with Gasteiger partial charge in [0.25, 0.3) is 0 Å². The molecule has 1 rings (SSSR count). The summed E-state index contributed by atoms with van der Waals surface area (Å²) in [5, 5.41) is 19.3. The predicted molar refractivity (Wildman–Crippen MR) is 66.0 cm³/mol. The number of rotatable bonds is 4. The molecule has 0 aliphatic carbocycles. The highest BCUT2D eigenvalue weighted by molar-refractivity contribution is 9.10. The summed E-state index contributed by atoms with van der Waals surface area (Å²) in [7, 11) is 0.